The Morgan fingerprint density at radius 2 is 1.83 bits per heavy atom. The summed E-state index contributed by atoms with van der Waals surface area (Å²) in [5.74, 6) is 1.29. The second kappa shape index (κ2) is 4.43. The van der Waals surface area contributed by atoms with Gasteiger partial charge in [-0.1, -0.05) is 11.3 Å². The van der Waals surface area contributed by atoms with Gasteiger partial charge in [-0.15, -0.1) is 0 Å². The van der Waals surface area contributed by atoms with Crippen molar-refractivity contribution in [1.29, 1.82) is 0 Å². The molecule has 0 radical (unpaired) electrons. The van der Waals surface area contributed by atoms with Crippen molar-refractivity contribution in [3.8, 4) is 22.8 Å². The number of hydrogen-bond donors (Lipinski definition) is 2. The normalized spacial score (nSPS) is 11.7. The summed E-state index contributed by atoms with van der Waals surface area (Å²) in [5, 5.41) is 8.19. The van der Waals surface area contributed by atoms with Crippen LogP contribution in [0.15, 0.2) is 50.4 Å². The van der Waals surface area contributed by atoms with Gasteiger partial charge < -0.3 is 13.8 Å². The summed E-state index contributed by atoms with van der Waals surface area (Å²) in [4.78, 5) is 19.7. The summed E-state index contributed by atoms with van der Waals surface area (Å²) in [6, 6.07) is 7.30. The van der Waals surface area contributed by atoms with Crippen LogP contribution in [0.1, 0.15) is 0 Å². The smallest absolute Gasteiger partial charge is 0.346 e. The van der Waals surface area contributed by atoms with Crippen LogP contribution in [0.4, 0.5) is 0 Å². The molecule has 8 heteroatoms. The number of rotatable bonds is 2. The minimum atomic E-state index is -0.370. The summed E-state index contributed by atoms with van der Waals surface area (Å²) in [6.45, 7) is 0. The van der Waals surface area contributed by atoms with Gasteiger partial charge in [-0.2, -0.15) is 10.1 Å². The molecule has 2 N–H and O–H groups in total. The van der Waals surface area contributed by atoms with Crippen molar-refractivity contribution in [2.45, 2.75) is 0 Å². The molecular formula is C15H8N4O3S. The highest BCUT2D eigenvalue weighted by molar-refractivity contribution is 7.25. The molecule has 7 nitrogen and oxygen atoms in total. The van der Waals surface area contributed by atoms with E-state index in [1.54, 1.807) is 18.6 Å². The van der Waals surface area contributed by atoms with E-state index in [0.29, 0.717) is 27.6 Å². The van der Waals surface area contributed by atoms with Crippen molar-refractivity contribution in [3.05, 3.63) is 47.3 Å². The zero-order chi connectivity index (χ0) is 15.4. The fraction of sp³-hybridized carbons (Fsp3) is 0. The van der Waals surface area contributed by atoms with Crippen LogP contribution < -0.4 is 5.69 Å². The van der Waals surface area contributed by atoms with Crippen molar-refractivity contribution in [2.24, 2.45) is 0 Å². The number of furan rings is 2. The van der Waals surface area contributed by atoms with Crippen LogP contribution in [0.2, 0.25) is 0 Å². The summed E-state index contributed by atoms with van der Waals surface area (Å²) < 4.78 is 11.1. The third kappa shape index (κ3) is 1.72. The zero-order valence-electron chi connectivity index (χ0n) is 11.5. The molecule has 5 rings (SSSR count). The second-order valence-corrected chi connectivity index (χ2v) is 5.91. The predicted octanol–water partition coefficient (Wildman–Crippen LogP) is 3.38. The number of aromatic nitrogens is 4. The highest BCUT2D eigenvalue weighted by Gasteiger charge is 2.22. The maximum absolute atomic E-state index is 11.6. The summed E-state index contributed by atoms with van der Waals surface area (Å²) in [5.41, 5.74) is 1.76. The maximum atomic E-state index is 11.6. The topological polar surface area (TPSA) is 101 Å². The van der Waals surface area contributed by atoms with Crippen LogP contribution in [0.3, 0.4) is 0 Å². The Hall–Kier alpha value is -3.13. The number of nitrogens with zero attached hydrogens (tertiary/aromatic N) is 2. The molecule has 0 saturated heterocycles. The summed E-state index contributed by atoms with van der Waals surface area (Å²) in [7, 11) is 0. The Labute approximate surface area is 131 Å². The first-order chi connectivity index (χ1) is 11.3. The molecule has 0 aliphatic carbocycles. The van der Waals surface area contributed by atoms with Crippen LogP contribution in [0, 0.1) is 0 Å². The molecule has 5 aromatic rings. The average molecular weight is 324 g/mol. The Balaban J connectivity index is 2.00. The number of H-pyrrole nitrogens is 2. The molecule has 0 saturated carbocycles. The van der Waals surface area contributed by atoms with Gasteiger partial charge in [0.2, 0.25) is 0 Å². The molecule has 0 atom stereocenters. The number of imidazole rings is 1. The Morgan fingerprint density at radius 3 is 2.57 bits per heavy atom. The molecule has 23 heavy (non-hydrogen) atoms. The van der Waals surface area contributed by atoms with E-state index in [-0.39, 0.29) is 5.69 Å². The van der Waals surface area contributed by atoms with E-state index in [9.17, 15) is 4.79 Å². The quantitative estimate of drug-likeness (QED) is 0.518. The van der Waals surface area contributed by atoms with Crippen LogP contribution >= 0.6 is 11.3 Å². The number of fused-ring (bicyclic) bond motifs is 3. The van der Waals surface area contributed by atoms with Crippen molar-refractivity contribution >= 4 is 31.9 Å². The van der Waals surface area contributed by atoms with Gasteiger partial charge in [0.25, 0.3) is 0 Å². The van der Waals surface area contributed by atoms with Gasteiger partial charge in [-0.25, -0.2) is 4.79 Å². The first-order valence-corrected chi connectivity index (χ1v) is 7.61. The molecule has 0 amide bonds. The molecule has 0 aromatic carbocycles. The molecule has 5 heterocycles. The van der Waals surface area contributed by atoms with Crippen molar-refractivity contribution in [3.63, 3.8) is 0 Å². The molecule has 112 valence electrons. The average Bonchev–Trinajstić information content (AvgIpc) is 3.30. The van der Waals surface area contributed by atoms with Crippen molar-refractivity contribution in [2.75, 3.05) is 0 Å². The molecule has 0 bridgehead atoms. The van der Waals surface area contributed by atoms with E-state index in [0.717, 1.165) is 15.8 Å². The Morgan fingerprint density at radius 1 is 1.04 bits per heavy atom. The predicted molar refractivity (Wildman–Crippen MR) is 85.3 cm³/mol. The molecule has 0 unspecified atom stereocenters. The first kappa shape index (κ1) is 12.4. The van der Waals surface area contributed by atoms with E-state index in [2.05, 4.69) is 20.2 Å². The maximum Gasteiger partial charge on any atom is 0.346 e. The van der Waals surface area contributed by atoms with Crippen molar-refractivity contribution in [1.82, 2.24) is 20.2 Å². The number of thiophene rings is 1. The highest BCUT2D eigenvalue weighted by Crippen LogP contribution is 2.41. The molecule has 0 fully saturated rings. The van der Waals surface area contributed by atoms with Gasteiger partial charge in [-0.05, 0) is 24.3 Å². The molecule has 0 aliphatic rings. The SMILES string of the molecule is O=c1nc2sc3n[nH]c(-c4ccco4)c(-c4ccco4)c3c2[nH]1. The monoisotopic (exact) mass is 324 g/mol. The zero-order valence-corrected chi connectivity index (χ0v) is 12.3. The minimum Gasteiger partial charge on any atom is -0.464 e. The van der Waals surface area contributed by atoms with Gasteiger partial charge in [-0.3, -0.25) is 5.10 Å². The summed E-state index contributed by atoms with van der Waals surface area (Å²) in [6.07, 6.45) is 3.19. The van der Waals surface area contributed by atoms with Crippen LogP contribution in [0.25, 0.3) is 43.3 Å². The van der Waals surface area contributed by atoms with E-state index in [1.165, 1.54) is 11.3 Å². The molecular weight excluding hydrogens is 316 g/mol. The Kier molecular flexibility index (Phi) is 2.39. The highest BCUT2D eigenvalue weighted by atomic mass is 32.1. The number of hydrogen-bond acceptors (Lipinski definition) is 6. The van der Waals surface area contributed by atoms with Gasteiger partial charge in [0.1, 0.15) is 21.1 Å². The number of nitrogens with one attached hydrogen (secondary N) is 2. The van der Waals surface area contributed by atoms with Crippen molar-refractivity contribution < 1.29 is 8.83 Å². The lowest BCUT2D eigenvalue weighted by Crippen LogP contribution is -2.00. The molecule has 5 aromatic heterocycles. The van der Waals surface area contributed by atoms with E-state index < -0.39 is 0 Å². The number of aromatic amines is 2. The van der Waals surface area contributed by atoms with Crippen LogP contribution in [-0.2, 0) is 0 Å². The van der Waals surface area contributed by atoms with Gasteiger partial charge in [0.15, 0.2) is 5.76 Å². The molecule has 0 aliphatic heterocycles. The largest absolute Gasteiger partial charge is 0.464 e. The third-order valence-corrected chi connectivity index (χ3v) is 4.59. The lowest BCUT2D eigenvalue weighted by Gasteiger charge is -2.06. The minimum absolute atomic E-state index is 0.370. The van der Waals surface area contributed by atoms with E-state index >= 15 is 0 Å². The first-order valence-electron chi connectivity index (χ1n) is 6.80. The van der Waals surface area contributed by atoms with Gasteiger partial charge in [0.05, 0.1) is 29.0 Å². The lowest BCUT2D eigenvalue weighted by atomic mass is 10.1. The Bertz CT molecular complexity index is 1180. The van der Waals surface area contributed by atoms with Crippen LogP contribution in [-0.4, -0.2) is 20.2 Å². The van der Waals surface area contributed by atoms with E-state index in [4.69, 9.17) is 8.83 Å². The fourth-order valence-electron chi connectivity index (χ4n) is 2.69. The van der Waals surface area contributed by atoms with Gasteiger partial charge in [0, 0.05) is 0 Å². The van der Waals surface area contributed by atoms with Gasteiger partial charge >= 0.3 is 5.69 Å². The third-order valence-electron chi connectivity index (χ3n) is 3.61. The van der Waals surface area contributed by atoms with E-state index in [1.807, 2.05) is 18.2 Å². The lowest BCUT2D eigenvalue weighted by molar-refractivity contribution is 0.573. The standard InChI is InChI=1S/C15H8N4O3S/c20-15-16-12-10-9(7-3-1-5-21-7)11(8-4-2-6-22-8)18-19-13(10)23-14(12)17-15/h1-6,18H,(H,16,20). The summed E-state index contributed by atoms with van der Waals surface area (Å²) >= 11 is 1.34. The fourth-order valence-corrected chi connectivity index (χ4v) is 3.66. The second-order valence-electron chi connectivity index (χ2n) is 4.93. The molecule has 0 spiro atoms. The van der Waals surface area contributed by atoms with Crippen LogP contribution in [0.5, 0.6) is 0 Å².